The van der Waals surface area contributed by atoms with Crippen LogP contribution in [0.1, 0.15) is 60.3 Å². The van der Waals surface area contributed by atoms with E-state index in [2.05, 4.69) is 5.32 Å². The molecule has 22 heavy (non-hydrogen) atoms. The van der Waals surface area contributed by atoms with Crippen LogP contribution < -0.4 is 5.32 Å². The smallest absolute Gasteiger partial charge is 0.407 e. The molecule has 0 radical (unpaired) electrons. The molecule has 7 heteroatoms. The van der Waals surface area contributed by atoms with E-state index in [1.54, 1.807) is 13.8 Å². The van der Waals surface area contributed by atoms with Crippen molar-refractivity contribution in [3.63, 3.8) is 0 Å². The Bertz CT molecular complexity index is 459. The summed E-state index contributed by atoms with van der Waals surface area (Å²) in [4.78, 5) is 11.7. The van der Waals surface area contributed by atoms with Gasteiger partial charge in [0.2, 0.25) is 0 Å². The highest BCUT2D eigenvalue weighted by Crippen LogP contribution is 2.26. The highest BCUT2D eigenvalue weighted by molar-refractivity contribution is 7.86. The average Bonchev–Trinajstić information content (AvgIpc) is 2.26. The molecular weight excluding hydrogens is 306 g/mol. The Kier molecular flexibility index (Phi) is 6.67. The van der Waals surface area contributed by atoms with Crippen molar-refractivity contribution < 1.29 is 22.1 Å². The minimum Gasteiger partial charge on any atom is -0.444 e. The summed E-state index contributed by atoms with van der Waals surface area (Å²) in [6.07, 6.45) is 2.33. The van der Waals surface area contributed by atoms with Crippen molar-refractivity contribution in [1.82, 2.24) is 5.32 Å². The van der Waals surface area contributed by atoms with E-state index in [-0.39, 0.29) is 23.8 Å². The minimum atomic E-state index is -3.46. The zero-order valence-electron chi connectivity index (χ0n) is 14.2. The SMILES string of the molecule is CC(C)OS(=O)(=O)CC1CCC(NC(=O)OC(C)(C)C)CC1. The van der Waals surface area contributed by atoms with E-state index in [0.29, 0.717) is 0 Å². The third kappa shape index (κ3) is 7.98. The predicted octanol–water partition coefficient (Wildman–Crippen LogP) is 2.82. The maximum absolute atomic E-state index is 11.8. The van der Waals surface area contributed by atoms with E-state index in [1.807, 2.05) is 20.8 Å². The highest BCUT2D eigenvalue weighted by atomic mass is 32.2. The number of carbonyl (C=O) groups is 1. The van der Waals surface area contributed by atoms with Crippen LogP contribution in [0.2, 0.25) is 0 Å². The lowest BCUT2D eigenvalue weighted by molar-refractivity contribution is 0.0488. The molecule has 0 aromatic carbocycles. The van der Waals surface area contributed by atoms with Gasteiger partial charge in [0.05, 0.1) is 11.9 Å². The molecule has 0 atom stereocenters. The van der Waals surface area contributed by atoms with E-state index >= 15 is 0 Å². The summed E-state index contributed by atoms with van der Waals surface area (Å²) >= 11 is 0. The van der Waals surface area contributed by atoms with Gasteiger partial charge in [-0.25, -0.2) is 4.79 Å². The fourth-order valence-corrected chi connectivity index (χ4v) is 4.14. The number of amides is 1. The van der Waals surface area contributed by atoms with Crippen LogP contribution in [0, 0.1) is 5.92 Å². The Labute approximate surface area is 134 Å². The number of hydrogen-bond acceptors (Lipinski definition) is 5. The lowest BCUT2D eigenvalue weighted by Gasteiger charge is -2.30. The number of ether oxygens (including phenoxy) is 1. The fourth-order valence-electron chi connectivity index (χ4n) is 2.57. The van der Waals surface area contributed by atoms with E-state index in [4.69, 9.17) is 8.92 Å². The summed E-state index contributed by atoms with van der Waals surface area (Å²) in [6, 6.07) is 0.0554. The van der Waals surface area contributed by atoms with E-state index in [9.17, 15) is 13.2 Å². The normalized spacial score (nSPS) is 23.4. The van der Waals surface area contributed by atoms with Crippen LogP contribution in [-0.4, -0.2) is 38.0 Å². The lowest BCUT2D eigenvalue weighted by atomic mass is 9.87. The molecule has 0 bridgehead atoms. The first-order valence-electron chi connectivity index (χ1n) is 7.87. The maximum Gasteiger partial charge on any atom is 0.407 e. The second-order valence-electron chi connectivity index (χ2n) is 7.23. The van der Waals surface area contributed by atoms with Crippen LogP contribution in [0.4, 0.5) is 4.79 Å². The number of nitrogens with one attached hydrogen (secondary N) is 1. The zero-order valence-corrected chi connectivity index (χ0v) is 15.0. The molecule has 1 aliphatic rings. The summed E-state index contributed by atoms with van der Waals surface area (Å²) < 4.78 is 33.8. The molecule has 1 rings (SSSR count). The van der Waals surface area contributed by atoms with Gasteiger partial charge in [0.15, 0.2) is 0 Å². The molecule has 0 heterocycles. The van der Waals surface area contributed by atoms with Crippen molar-refractivity contribution in [3.05, 3.63) is 0 Å². The van der Waals surface area contributed by atoms with Crippen LogP contribution in [0.25, 0.3) is 0 Å². The third-order valence-corrected chi connectivity index (χ3v) is 4.90. The van der Waals surface area contributed by atoms with Crippen molar-refractivity contribution in [2.75, 3.05) is 5.75 Å². The van der Waals surface area contributed by atoms with Crippen molar-refractivity contribution in [2.24, 2.45) is 5.92 Å². The quantitative estimate of drug-likeness (QED) is 0.781. The number of alkyl carbamates (subject to hydrolysis) is 1. The van der Waals surface area contributed by atoms with Crippen molar-refractivity contribution >= 4 is 16.2 Å². The van der Waals surface area contributed by atoms with Gasteiger partial charge in [-0.15, -0.1) is 0 Å². The van der Waals surface area contributed by atoms with Crippen LogP contribution in [-0.2, 0) is 19.0 Å². The Morgan fingerprint density at radius 2 is 1.73 bits per heavy atom. The number of rotatable bonds is 5. The van der Waals surface area contributed by atoms with Gasteiger partial charge in [-0.05, 0) is 66.2 Å². The topological polar surface area (TPSA) is 81.7 Å². The molecule has 1 amide bonds. The molecular formula is C15H29NO5S. The first-order chi connectivity index (χ1) is 9.97. The minimum absolute atomic E-state index is 0.0554. The van der Waals surface area contributed by atoms with Crippen molar-refractivity contribution in [3.8, 4) is 0 Å². The summed E-state index contributed by atoms with van der Waals surface area (Å²) in [5, 5.41) is 2.85. The van der Waals surface area contributed by atoms with Crippen LogP contribution in [0.5, 0.6) is 0 Å². The van der Waals surface area contributed by atoms with E-state index in [1.165, 1.54) is 0 Å². The first-order valence-corrected chi connectivity index (χ1v) is 9.45. The Morgan fingerprint density at radius 1 is 1.18 bits per heavy atom. The van der Waals surface area contributed by atoms with Gasteiger partial charge in [-0.1, -0.05) is 0 Å². The molecule has 130 valence electrons. The van der Waals surface area contributed by atoms with Gasteiger partial charge in [0, 0.05) is 6.04 Å². The molecule has 0 unspecified atom stereocenters. The van der Waals surface area contributed by atoms with E-state index in [0.717, 1.165) is 25.7 Å². The maximum atomic E-state index is 11.8. The number of carbonyl (C=O) groups excluding carboxylic acids is 1. The molecule has 0 aromatic heterocycles. The molecule has 1 aliphatic carbocycles. The molecule has 0 aliphatic heterocycles. The second kappa shape index (κ2) is 7.64. The lowest BCUT2D eigenvalue weighted by Crippen LogP contribution is -2.41. The highest BCUT2D eigenvalue weighted by Gasteiger charge is 2.28. The fraction of sp³-hybridized carbons (Fsp3) is 0.933. The first kappa shape index (κ1) is 19.2. The summed E-state index contributed by atoms with van der Waals surface area (Å²) in [7, 11) is -3.46. The van der Waals surface area contributed by atoms with Crippen LogP contribution in [0.15, 0.2) is 0 Å². The van der Waals surface area contributed by atoms with Crippen LogP contribution in [0.3, 0.4) is 0 Å². The standard InChI is InChI=1S/C15H29NO5S/c1-11(2)21-22(18,19)10-12-6-8-13(9-7-12)16-14(17)20-15(3,4)5/h11-13H,6-10H2,1-5H3,(H,16,17). The monoisotopic (exact) mass is 335 g/mol. The summed E-state index contributed by atoms with van der Waals surface area (Å²) in [5.74, 6) is 0.157. The molecule has 0 saturated heterocycles. The van der Waals surface area contributed by atoms with Crippen LogP contribution >= 0.6 is 0 Å². The van der Waals surface area contributed by atoms with Crippen molar-refractivity contribution in [2.45, 2.75) is 78.0 Å². The third-order valence-electron chi connectivity index (χ3n) is 3.35. The van der Waals surface area contributed by atoms with Crippen molar-refractivity contribution in [1.29, 1.82) is 0 Å². The largest absolute Gasteiger partial charge is 0.444 e. The Morgan fingerprint density at radius 3 is 2.18 bits per heavy atom. The van der Waals surface area contributed by atoms with Gasteiger partial charge < -0.3 is 10.1 Å². The Hall–Kier alpha value is -0.820. The van der Waals surface area contributed by atoms with Gasteiger partial charge in [-0.3, -0.25) is 4.18 Å². The summed E-state index contributed by atoms with van der Waals surface area (Å²) in [5.41, 5.74) is -0.510. The molecule has 1 saturated carbocycles. The molecule has 1 N–H and O–H groups in total. The van der Waals surface area contributed by atoms with Gasteiger partial charge in [-0.2, -0.15) is 8.42 Å². The summed E-state index contributed by atoms with van der Waals surface area (Å²) in [6.45, 7) is 8.88. The van der Waals surface area contributed by atoms with Gasteiger partial charge >= 0.3 is 6.09 Å². The molecule has 1 fully saturated rings. The van der Waals surface area contributed by atoms with Gasteiger partial charge in [0.1, 0.15) is 5.60 Å². The Balaban J connectivity index is 2.36. The zero-order chi connectivity index (χ0) is 17.0. The molecule has 0 aromatic rings. The van der Waals surface area contributed by atoms with E-state index < -0.39 is 21.8 Å². The number of hydrogen-bond donors (Lipinski definition) is 1. The molecule has 0 spiro atoms. The predicted molar refractivity (Wildman–Crippen MR) is 85.1 cm³/mol. The average molecular weight is 335 g/mol. The second-order valence-corrected chi connectivity index (χ2v) is 8.87. The molecule has 6 nitrogen and oxygen atoms in total. The van der Waals surface area contributed by atoms with Gasteiger partial charge in [0.25, 0.3) is 10.1 Å².